The van der Waals surface area contributed by atoms with Crippen molar-refractivity contribution in [3.8, 4) is 0 Å². The molecule has 0 spiro atoms. The van der Waals surface area contributed by atoms with Gasteiger partial charge in [0.05, 0.1) is 12.1 Å². The molecule has 0 N–H and O–H groups in total. The maximum absolute atomic E-state index is 12.2. The average Bonchev–Trinajstić information content (AvgIpc) is 2.71. The highest BCUT2D eigenvalue weighted by molar-refractivity contribution is 6.28. The molecule has 0 saturated carbocycles. The standard InChI is InChI=1S/C16H19NO2/c1-2-3-4-6-9-13-12-15(18)17(16(13)19)14-10-7-5-8-11-14/h5,7-11H,2-4,6,12H2,1H3/b13-9+. The van der Waals surface area contributed by atoms with Crippen LogP contribution in [0.15, 0.2) is 42.0 Å². The van der Waals surface area contributed by atoms with E-state index < -0.39 is 0 Å². The van der Waals surface area contributed by atoms with E-state index >= 15 is 0 Å². The molecule has 3 heteroatoms. The Morgan fingerprint density at radius 3 is 2.58 bits per heavy atom. The first-order chi connectivity index (χ1) is 9.24. The molecule has 3 nitrogen and oxygen atoms in total. The fraction of sp³-hybridized carbons (Fsp3) is 0.375. The number of nitrogens with zero attached hydrogens (tertiary/aromatic N) is 1. The third kappa shape index (κ3) is 3.11. The van der Waals surface area contributed by atoms with Crippen molar-refractivity contribution < 1.29 is 9.59 Å². The SMILES string of the molecule is CCCCC/C=C1\CC(=O)N(c2ccccc2)C1=O. The number of benzene rings is 1. The quantitative estimate of drug-likeness (QED) is 0.460. The third-order valence-corrected chi connectivity index (χ3v) is 3.28. The summed E-state index contributed by atoms with van der Waals surface area (Å²) in [7, 11) is 0. The number of hydrogen-bond donors (Lipinski definition) is 0. The van der Waals surface area contributed by atoms with Crippen molar-refractivity contribution in [1.82, 2.24) is 0 Å². The van der Waals surface area contributed by atoms with Gasteiger partial charge in [-0.25, -0.2) is 4.90 Å². The van der Waals surface area contributed by atoms with E-state index in [-0.39, 0.29) is 18.2 Å². The minimum atomic E-state index is -0.160. The van der Waals surface area contributed by atoms with E-state index in [0.29, 0.717) is 11.3 Å². The predicted octanol–water partition coefficient (Wildman–Crippen LogP) is 3.46. The summed E-state index contributed by atoms with van der Waals surface area (Å²) in [5.74, 6) is -0.286. The van der Waals surface area contributed by atoms with Crippen molar-refractivity contribution in [2.75, 3.05) is 4.90 Å². The summed E-state index contributed by atoms with van der Waals surface area (Å²) in [5.41, 5.74) is 1.31. The zero-order chi connectivity index (χ0) is 13.7. The Kier molecular flexibility index (Phi) is 4.50. The van der Waals surface area contributed by atoms with Crippen LogP contribution in [0.5, 0.6) is 0 Å². The zero-order valence-electron chi connectivity index (χ0n) is 11.3. The van der Waals surface area contributed by atoms with Crippen LogP contribution in [-0.4, -0.2) is 11.8 Å². The van der Waals surface area contributed by atoms with Crippen molar-refractivity contribution in [3.05, 3.63) is 42.0 Å². The first-order valence-corrected chi connectivity index (χ1v) is 6.85. The van der Waals surface area contributed by atoms with Crippen LogP contribution < -0.4 is 4.90 Å². The van der Waals surface area contributed by atoms with E-state index in [1.807, 2.05) is 24.3 Å². The van der Waals surface area contributed by atoms with E-state index in [4.69, 9.17) is 0 Å². The van der Waals surface area contributed by atoms with Crippen LogP contribution in [0.1, 0.15) is 39.0 Å². The number of hydrogen-bond acceptors (Lipinski definition) is 2. The number of carbonyl (C=O) groups excluding carboxylic acids is 2. The van der Waals surface area contributed by atoms with Gasteiger partial charge in [0.25, 0.3) is 5.91 Å². The number of anilines is 1. The summed E-state index contributed by atoms with van der Waals surface area (Å²) < 4.78 is 0. The van der Waals surface area contributed by atoms with Crippen LogP contribution in [-0.2, 0) is 9.59 Å². The normalized spacial score (nSPS) is 17.5. The lowest BCUT2D eigenvalue weighted by atomic mass is 10.1. The van der Waals surface area contributed by atoms with E-state index in [1.54, 1.807) is 12.1 Å². The number of para-hydroxylation sites is 1. The number of amides is 2. The fourth-order valence-corrected chi connectivity index (χ4v) is 2.24. The number of rotatable bonds is 5. The van der Waals surface area contributed by atoms with Gasteiger partial charge in [-0.05, 0) is 25.0 Å². The zero-order valence-corrected chi connectivity index (χ0v) is 11.3. The van der Waals surface area contributed by atoms with Gasteiger partial charge in [0.1, 0.15) is 0 Å². The maximum Gasteiger partial charge on any atom is 0.261 e. The molecule has 0 unspecified atom stereocenters. The molecule has 1 aromatic carbocycles. The van der Waals surface area contributed by atoms with Crippen molar-refractivity contribution in [3.63, 3.8) is 0 Å². The van der Waals surface area contributed by atoms with Gasteiger partial charge >= 0.3 is 0 Å². The molecular formula is C16H19NO2. The van der Waals surface area contributed by atoms with Crippen molar-refractivity contribution in [1.29, 1.82) is 0 Å². The first-order valence-electron chi connectivity index (χ1n) is 6.85. The Bertz CT molecular complexity index is 491. The number of allylic oxidation sites excluding steroid dienone is 1. The molecule has 1 heterocycles. The summed E-state index contributed by atoms with van der Waals surface area (Å²) in [6.45, 7) is 2.15. The molecule has 1 aromatic rings. The second kappa shape index (κ2) is 6.32. The second-order valence-electron chi connectivity index (χ2n) is 4.77. The highest BCUT2D eigenvalue weighted by Gasteiger charge is 2.34. The minimum absolute atomic E-state index is 0.127. The number of carbonyl (C=O) groups is 2. The van der Waals surface area contributed by atoms with E-state index in [9.17, 15) is 9.59 Å². The Morgan fingerprint density at radius 2 is 1.89 bits per heavy atom. The van der Waals surface area contributed by atoms with Crippen LogP contribution in [0.4, 0.5) is 5.69 Å². The van der Waals surface area contributed by atoms with Gasteiger partial charge in [-0.2, -0.15) is 0 Å². The van der Waals surface area contributed by atoms with Crippen molar-refractivity contribution in [2.45, 2.75) is 39.0 Å². The summed E-state index contributed by atoms with van der Waals surface area (Å²) >= 11 is 0. The van der Waals surface area contributed by atoms with Crippen molar-refractivity contribution >= 4 is 17.5 Å². The predicted molar refractivity (Wildman–Crippen MR) is 75.8 cm³/mol. The van der Waals surface area contributed by atoms with E-state index in [2.05, 4.69) is 6.92 Å². The lowest BCUT2D eigenvalue weighted by molar-refractivity contribution is -0.120. The maximum atomic E-state index is 12.2. The van der Waals surface area contributed by atoms with Gasteiger partial charge in [0, 0.05) is 5.57 Å². The van der Waals surface area contributed by atoms with Gasteiger partial charge in [-0.1, -0.05) is 44.0 Å². The van der Waals surface area contributed by atoms with Crippen LogP contribution in [0.2, 0.25) is 0 Å². The molecule has 0 aliphatic carbocycles. The summed E-state index contributed by atoms with van der Waals surface area (Å²) in [6, 6.07) is 9.11. The molecule has 1 aliphatic rings. The Labute approximate surface area is 113 Å². The fourth-order valence-electron chi connectivity index (χ4n) is 2.24. The van der Waals surface area contributed by atoms with Gasteiger partial charge in [-0.15, -0.1) is 0 Å². The van der Waals surface area contributed by atoms with Crippen LogP contribution in [0, 0.1) is 0 Å². The highest BCUT2D eigenvalue weighted by Crippen LogP contribution is 2.26. The van der Waals surface area contributed by atoms with Crippen molar-refractivity contribution in [2.24, 2.45) is 0 Å². The molecule has 19 heavy (non-hydrogen) atoms. The van der Waals surface area contributed by atoms with Gasteiger partial charge in [0.15, 0.2) is 0 Å². The topological polar surface area (TPSA) is 37.4 Å². The van der Waals surface area contributed by atoms with Gasteiger partial charge in [0.2, 0.25) is 5.91 Å². The third-order valence-electron chi connectivity index (χ3n) is 3.28. The summed E-state index contributed by atoms with van der Waals surface area (Å²) in [4.78, 5) is 25.4. The molecule has 2 amide bonds. The average molecular weight is 257 g/mol. The van der Waals surface area contributed by atoms with E-state index in [0.717, 1.165) is 25.7 Å². The largest absolute Gasteiger partial charge is 0.274 e. The minimum Gasteiger partial charge on any atom is -0.274 e. The highest BCUT2D eigenvalue weighted by atomic mass is 16.2. The van der Waals surface area contributed by atoms with Gasteiger partial charge < -0.3 is 0 Å². The molecular weight excluding hydrogens is 238 g/mol. The smallest absolute Gasteiger partial charge is 0.261 e. The Morgan fingerprint density at radius 1 is 1.16 bits per heavy atom. The van der Waals surface area contributed by atoms with E-state index in [1.165, 1.54) is 4.90 Å². The van der Waals surface area contributed by atoms with Crippen LogP contribution in [0.25, 0.3) is 0 Å². The lowest BCUT2D eigenvalue weighted by Gasteiger charge is -2.12. The molecule has 1 fully saturated rings. The first kappa shape index (κ1) is 13.5. The molecule has 0 radical (unpaired) electrons. The summed E-state index contributed by atoms with van der Waals surface area (Å²) in [5, 5.41) is 0. The number of imide groups is 1. The second-order valence-corrected chi connectivity index (χ2v) is 4.77. The molecule has 0 atom stereocenters. The van der Waals surface area contributed by atoms with Crippen LogP contribution >= 0.6 is 0 Å². The van der Waals surface area contributed by atoms with Crippen LogP contribution in [0.3, 0.4) is 0 Å². The molecule has 0 aromatic heterocycles. The molecule has 1 saturated heterocycles. The summed E-state index contributed by atoms with van der Waals surface area (Å²) in [6.07, 6.45) is 6.44. The molecule has 0 bridgehead atoms. The number of unbranched alkanes of at least 4 members (excludes halogenated alkanes) is 3. The lowest BCUT2D eigenvalue weighted by Crippen LogP contribution is -2.28. The van der Waals surface area contributed by atoms with Gasteiger partial charge in [-0.3, -0.25) is 9.59 Å². The Hall–Kier alpha value is -1.90. The molecule has 1 aliphatic heterocycles. The molecule has 2 rings (SSSR count). The molecule has 100 valence electrons. The monoisotopic (exact) mass is 257 g/mol. The Balaban J connectivity index is 2.09.